The molecular formula is C18H22N4O2. The van der Waals surface area contributed by atoms with Gasteiger partial charge in [-0.05, 0) is 31.5 Å². The van der Waals surface area contributed by atoms with E-state index in [4.69, 9.17) is 0 Å². The quantitative estimate of drug-likeness (QED) is 0.819. The highest BCUT2D eigenvalue weighted by atomic mass is 16.2. The minimum absolute atomic E-state index is 0.0499. The number of hydrogen-bond acceptors (Lipinski definition) is 4. The molecule has 0 aliphatic carbocycles. The van der Waals surface area contributed by atoms with Crippen LogP contribution in [0, 0.1) is 0 Å². The molecule has 2 amide bonds. The molecule has 1 unspecified atom stereocenters. The predicted molar refractivity (Wildman–Crippen MR) is 92.6 cm³/mol. The molecule has 0 spiro atoms. The Hall–Kier alpha value is -2.76. The van der Waals surface area contributed by atoms with E-state index < -0.39 is 0 Å². The number of carbonyl (C=O) groups excluding carboxylic acids is 2. The Balaban J connectivity index is 1.95. The van der Waals surface area contributed by atoms with Crippen LogP contribution in [0.15, 0.2) is 42.9 Å². The van der Waals surface area contributed by atoms with Gasteiger partial charge in [0.15, 0.2) is 0 Å². The molecule has 0 fully saturated rings. The Kier molecular flexibility index (Phi) is 6.42. The Labute approximate surface area is 141 Å². The second kappa shape index (κ2) is 8.76. The zero-order valence-electron chi connectivity index (χ0n) is 14.0. The van der Waals surface area contributed by atoms with E-state index in [1.54, 1.807) is 42.9 Å². The fourth-order valence-corrected chi connectivity index (χ4v) is 2.30. The highest BCUT2D eigenvalue weighted by Crippen LogP contribution is 2.12. The van der Waals surface area contributed by atoms with Crippen LogP contribution in [-0.2, 0) is 11.2 Å². The van der Waals surface area contributed by atoms with E-state index in [9.17, 15) is 9.59 Å². The minimum Gasteiger partial charge on any atom is -0.349 e. The molecule has 1 heterocycles. The first-order valence-electron chi connectivity index (χ1n) is 8.04. The van der Waals surface area contributed by atoms with Crippen LogP contribution in [0.3, 0.4) is 0 Å². The average Bonchev–Trinajstić information content (AvgIpc) is 2.56. The Bertz CT molecular complexity index is 688. The van der Waals surface area contributed by atoms with E-state index >= 15 is 0 Å². The maximum atomic E-state index is 12.3. The van der Waals surface area contributed by atoms with Crippen molar-refractivity contribution in [3.8, 4) is 0 Å². The van der Waals surface area contributed by atoms with Crippen LogP contribution < -0.4 is 10.6 Å². The van der Waals surface area contributed by atoms with Gasteiger partial charge in [-0.1, -0.05) is 13.0 Å². The third kappa shape index (κ3) is 5.46. The molecule has 0 radical (unpaired) electrons. The molecule has 0 bridgehead atoms. The van der Waals surface area contributed by atoms with E-state index in [0.717, 1.165) is 12.1 Å². The van der Waals surface area contributed by atoms with Crippen molar-refractivity contribution in [3.05, 3.63) is 54.1 Å². The van der Waals surface area contributed by atoms with Crippen molar-refractivity contribution in [2.75, 3.05) is 5.32 Å². The van der Waals surface area contributed by atoms with Crippen LogP contribution in [0.2, 0.25) is 0 Å². The first-order valence-corrected chi connectivity index (χ1v) is 8.04. The van der Waals surface area contributed by atoms with E-state index in [2.05, 4.69) is 20.6 Å². The molecule has 1 atom stereocenters. The van der Waals surface area contributed by atoms with Gasteiger partial charge in [0.1, 0.15) is 0 Å². The summed E-state index contributed by atoms with van der Waals surface area (Å²) in [6.07, 6.45) is 6.79. The molecule has 2 rings (SSSR count). The van der Waals surface area contributed by atoms with Crippen molar-refractivity contribution in [1.29, 1.82) is 0 Å². The highest BCUT2D eigenvalue weighted by molar-refractivity contribution is 5.97. The summed E-state index contributed by atoms with van der Waals surface area (Å²) in [7, 11) is 0. The number of anilines is 1. The van der Waals surface area contributed by atoms with Gasteiger partial charge >= 0.3 is 0 Å². The number of benzene rings is 1. The smallest absolute Gasteiger partial charge is 0.251 e. The predicted octanol–water partition coefficient (Wildman–Crippen LogP) is 2.58. The molecule has 24 heavy (non-hydrogen) atoms. The zero-order chi connectivity index (χ0) is 17.4. The van der Waals surface area contributed by atoms with Crippen molar-refractivity contribution in [2.24, 2.45) is 0 Å². The lowest BCUT2D eigenvalue weighted by molar-refractivity contribution is -0.116. The van der Waals surface area contributed by atoms with Crippen molar-refractivity contribution in [2.45, 2.75) is 39.2 Å². The molecule has 2 N–H and O–H groups in total. The number of carbonyl (C=O) groups is 2. The first kappa shape index (κ1) is 17.6. The summed E-state index contributed by atoms with van der Waals surface area (Å²) in [5.41, 5.74) is 1.96. The standard InChI is InChI=1S/C18H22N4O2/c1-3-5-17(23)22-15-7-4-6-14(11-15)18(24)21-13(2)10-16-12-19-8-9-20-16/h4,6-9,11-13H,3,5,10H2,1-2H3,(H,21,24)(H,22,23). The summed E-state index contributed by atoms with van der Waals surface area (Å²) in [6.45, 7) is 3.86. The van der Waals surface area contributed by atoms with Gasteiger partial charge in [0.05, 0.1) is 5.69 Å². The molecule has 126 valence electrons. The SMILES string of the molecule is CCCC(=O)Nc1cccc(C(=O)NC(C)Cc2cnccn2)c1. The van der Waals surface area contributed by atoms with Crippen LogP contribution in [0.5, 0.6) is 0 Å². The Morgan fingerprint density at radius 2 is 2.08 bits per heavy atom. The van der Waals surface area contributed by atoms with E-state index in [0.29, 0.717) is 24.1 Å². The molecular weight excluding hydrogens is 304 g/mol. The largest absolute Gasteiger partial charge is 0.349 e. The summed E-state index contributed by atoms with van der Waals surface area (Å²) in [4.78, 5) is 32.2. The lowest BCUT2D eigenvalue weighted by Gasteiger charge is -2.14. The first-order chi connectivity index (χ1) is 11.6. The lowest BCUT2D eigenvalue weighted by Crippen LogP contribution is -2.34. The second-order valence-corrected chi connectivity index (χ2v) is 5.65. The highest BCUT2D eigenvalue weighted by Gasteiger charge is 2.12. The maximum Gasteiger partial charge on any atom is 0.251 e. The molecule has 1 aromatic heterocycles. The maximum absolute atomic E-state index is 12.3. The monoisotopic (exact) mass is 326 g/mol. The number of nitrogens with one attached hydrogen (secondary N) is 2. The Morgan fingerprint density at radius 3 is 2.79 bits per heavy atom. The number of nitrogens with zero attached hydrogens (tertiary/aromatic N) is 2. The average molecular weight is 326 g/mol. The van der Waals surface area contributed by atoms with Gasteiger partial charge in [0.2, 0.25) is 5.91 Å². The molecule has 0 aliphatic rings. The third-order valence-corrected chi connectivity index (χ3v) is 3.40. The van der Waals surface area contributed by atoms with Crippen LogP contribution >= 0.6 is 0 Å². The second-order valence-electron chi connectivity index (χ2n) is 5.65. The zero-order valence-corrected chi connectivity index (χ0v) is 14.0. The van der Waals surface area contributed by atoms with Gasteiger partial charge < -0.3 is 10.6 Å². The van der Waals surface area contributed by atoms with Gasteiger partial charge in [0, 0.05) is 48.7 Å². The molecule has 1 aromatic carbocycles. The molecule has 0 saturated heterocycles. The van der Waals surface area contributed by atoms with Crippen LogP contribution in [0.4, 0.5) is 5.69 Å². The number of rotatable bonds is 7. The number of hydrogen-bond donors (Lipinski definition) is 2. The lowest BCUT2D eigenvalue weighted by atomic mass is 10.1. The molecule has 2 aromatic rings. The summed E-state index contributed by atoms with van der Waals surface area (Å²) in [6, 6.07) is 6.85. The van der Waals surface area contributed by atoms with E-state index in [1.807, 2.05) is 13.8 Å². The molecule has 0 saturated carbocycles. The summed E-state index contributed by atoms with van der Waals surface area (Å²) in [5, 5.41) is 5.72. The van der Waals surface area contributed by atoms with Crippen molar-refractivity contribution in [3.63, 3.8) is 0 Å². The summed E-state index contributed by atoms with van der Waals surface area (Å²) < 4.78 is 0. The van der Waals surface area contributed by atoms with Gasteiger partial charge in [-0.15, -0.1) is 0 Å². The minimum atomic E-state index is -0.182. The van der Waals surface area contributed by atoms with Gasteiger partial charge in [-0.3, -0.25) is 19.6 Å². The summed E-state index contributed by atoms with van der Waals surface area (Å²) in [5.74, 6) is -0.232. The topological polar surface area (TPSA) is 84.0 Å². The normalized spacial score (nSPS) is 11.6. The number of amides is 2. The van der Waals surface area contributed by atoms with Crippen LogP contribution in [0.1, 0.15) is 42.7 Å². The van der Waals surface area contributed by atoms with Crippen LogP contribution in [-0.4, -0.2) is 27.8 Å². The fourth-order valence-electron chi connectivity index (χ4n) is 2.30. The Morgan fingerprint density at radius 1 is 1.25 bits per heavy atom. The molecule has 0 aliphatic heterocycles. The fraction of sp³-hybridized carbons (Fsp3) is 0.333. The van der Waals surface area contributed by atoms with Crippen molar-refractivity contribution >= 4 is 17.5 Å². The van der Waals surface area contributed by atoms with E-state index in [1.165, 1.54) is 0 Å². The van der Waals surface area contributed by atoms with Crippen LogP contribution in [0.25, 0.3) is 0 Å². The summed E-state index contributed by atoms with van der Waals surface area (Å²) >= 11 is 0. The van der Waals surface area contributed by atoms with E-state index in [-0.39, 0.29) is 17.9 Å². The van der Waals surface area contributed by atoms with Gasteiger partial charge in [0.25, 0.3) is 5.91 Å². The van der Waals surface area contributed by atoms with Crippen molar-refractivity contribution < 1.29 is 9.59 Å². The van der Waals surface area contributed by atoms with Gasteiger partial charge in [-0.25, -0.2) is 0 Å². The number of aromatic nitrogens is 2. The van der Waals surface area contributed by atoms with Gasteiger partial charge in [-0.2, -0.15) is 0 Å². The molecule has 6 heteroatoms. The van der Waals surface area contributed by atoms with Crippen molar-refractivity contribution in [1.82, 2.24) is 15.3 Å². The molecule has 6 nitrogen and oxygen atoms in total. The third-order valence-electron chi connectivity index (χ3n) is 3.40.